The van der Waals surface area contributed by atoms with Crippen molar-refractivity contribution in [1.82, 2.24) is 9.97 Å². The second kappa shape index (κ2) is 6.01. The predicted octanol–water partition coefficient (Wildman–Crippen LogP) is 1.86. The van der Waals surface area contributed by atoms with Crippen molar-refractivity contribution in [3.63, 3.8) is 0 Å². The van der Waals surface area contributed by atoms with Crippen LogP contribution in [0.2, 0.25) is 0 Å². The van der Waals surface area contributed by atoms with Gasteiger partial charge in [-0.15, -0.1) is 0 Å². The molecule has 0 unspecified atom stereocenters. The lowest BCUT2D eigenvalue weighted by molar-refractivity contribution is -0.0463. The van der Waals surface area contributed by atoms with E-state index >= 15 is 0 Å². The van der Waals surface area contributed by atoms with Crippen molar-refractivity contribution in [2.24, 2.45) is 0 Å². The number of aliphatic hydroxyl groups excluding tert-OH is 1. The molecule has 5 nitrogen and oxygen atoms in total. The fourth-order valence-corrected chi connectivity index (χ4v) is 2.05. The number of benzene rings is 1. The van der Waals surface area contributed by atoms with Gasteiger partial charge >= 0.3 is 0 Å². The maximum atomic E-state index is 9.27. The minimum absolute atomic E-state index is 0.167. The maximum absolute atomic E-state index is 9.27. The molecular weight excluding hydrogens is 264 g/mol. The Morgan fingerprint density at radius 1 is 1.21 bits per heavy atom. The number of aliphatic hydroxyl groups is 2. The SMILES string of the molecule is COc1ccccc1-c1cc(C(O)O)nc(SC)n1. The van der Waals surface area contributed by atoms with Crippen molar-refractivity contribution >= 4 is 11.8 Å². The molecule has 0 aliphatic carbocycles. The molecule has 0 atom stereocenters. The van der Waals surface area contributed by atoms with Crippen LogP contribution < -0.4 is 4.74 Å². The van der Waals surface area contributed by atoms with Gasteiger partial charge < -0.3 is 14.9 Å². The third kappa shape index (κ3) is 3.04. The summed E-state index contributed by atoms with van der Waals surface area (Å²) in [5.74, 6) is 0.673. The van der Waals surface area contributed by atoms with Crippen molar-refractivity contribution in [2.75, 3.05) is 13.4 Å². The monoisotopic (exact) mass is 278 g/mol. The zero-order valence-corrected chi connectivity index (χ0v) is 11.4. The number of nitrogens with zero attached hydrogens (tertiary/aromatic N) is 2. The molecule has 2 rings (SSSR count). The standard InChI is InChI=1S/C13H14N2O3S/c1-18-11-6-4-3-5-8(11)9-7-10(12(16)17)15-13(14-9)19-2/h3-7,12,16-17H,1-2H3. The van der Waals surface area contributed by atoms with Gasteiger partial charge in [0.15, 0.2) is 11.4 Å². The van der Waals surface area contributed by atoms with Gasteiger partial charge in [0.25, 0.3) is 0 Å². The Balaban J connectivity index is 2.57. The molecule has 19 heavy (non-hydrogen) atoms. The molecule has 0 fully saturated rings. The second-order valence-electron chi connectivity index (χ2n) is 3.74. The van der Waals surface area contributed by atoms with E-state index < -0.39 is 6.29 Å². The predicted molar refractivity (Wildman–Crippen MR) is 73.0 cm³/mol. The van der Waals surface area contributed by atoms with Gasteiger partial charge in [-0.05, 0) is 24.5 Å². The van der Waals surface area contributed by atoms with Crippen molar-refractivity contribution in [2.45, 2.75) is 11.4 Å². The molecular formula is C13H14N2O3S. The van der Waals surface area contributed by atoms with E-state index in [0.717, 1.165) is 5.56 Å². The van der Waals surface area contributed by atoms with Gasteiger partial charge in [-0.3, -0.25) is 0 Å². The average Bonchev–Trinajstić information content (AvgIpc) is 2.46. The van der Waals surface area contributed by atoms with Gasteiger partial charge in [0.05, 0.1) is 12.8 Å². The van der Waals surface area contributed by atoms with E-state index in [-0.39, 0.29) is 5.69 Å². The number of methoxy groups -OCH3 is 1. The highest BCUT2D eigenvalue weighted by atomic mass is 32.2. The molecule has 6 heteroatoms. The Morgan fingerprint density at radius 3 is 2.58 bits per heavy atom. The van der Waals surface area contributed by atoms with Crippen molar-refractivity contribution in [1.29, 1.82) is 0 Å². The van der Waals surface area contributed by atoms with Crippen LogP contribution in [0.25, 0.3) is 11.3 Å². The van der Waals surface area contributed by atoms with Crippen LogP contribution in [0.15, 0.2) is 35.5 Å². The quantitative estimate of drug-likeness (QED) is 0.505. The number of rotatable bonds is 4. The van der Waals surface area contributed by atoms with E-state index in [1.807, 2.05) is 30.5 Å². The van der Waals surface area contributed by atoms with E-state index in [1.165, 1.54) is 11.8 Å². The Hall–Kier alpha value is -1.63. The molecule has 2 N–H and O–H groups in total. The number of para-hydroxylation sites is 1. The fraction of sp³-hybridized carbons (Fsp3) is 0.231. The average molecular weight is 278 g/mol. The topological polar surface area (TPSA) is 75.5 Å². The van der Waals surface area contributed by atoms with E-state index in [4.69, 9.17) is 4.74 Å². The van der Waals surface area contributed by atoms with Crippen LogP contribution in [0, 0.1) is 0 Å². The third-order valence-electron chi connectivity index (χ3n) is 2.56. The first kappa shape index (κ1) is 13.8. The molecule has 0 saturated carbocycles. The number of hydrogen-bond acceptors (Lipinski definition) is 6. The van der Waals surface area contributed by atoms with E-state index in [1.54, 1.807) is 13.2 Å². The summed E-state index contributed by atoms with van der Waals surface area (Å²) in [6, 6.07) is 8.96. The lowest BCUT2D eigenvalue weighted by Crippen LogP contribution is -2.03. The first-order valence-corrected chi connectivity index (χ1v) is 6.80. The molecule has 0 spiro atoms. The lowest BCUT2D eigenvalue weighted by Gasteiger charge is -2.11. The highest BCUT2D eigenvalue weighted by Gasteiger charge is 2.13. The molecule has 0 amide bonds. The van der Waals surface area contributed by atoms with Crippen LogP contribution in [-0.2, 0) is 0 Å². The van der Waals surface area contributed by atoms with Crippen LogP contribution in [0.3, 0.4) is 0 Å². The Bertz CT molecular complexity index is 576. The fourth-order valence-electron chi connectivity index (χ4n) is 1.66. The smallest absolute Gasteiger partial charge is 0.196 e. The summed E-state index contributed by atoms with van der Waals surface area (Å²) in [4.78, 5) is 8.41. The lowest BCUT2D eigenvalue weighted by atomic mass is 10.1. The zero-order valence-electron chi connectivity index (χ0n) is 10.6. The van der Waals surface area contributed by atoms with Crippen LogP contribution in [-0.4, -0.2) is 33.5 Å². The molecule has 0 aliphatic rings. The van der Waals surface area contributed by atoms with Crippen LogP contribution >= 0.6 is 11.8 Å². The second-order valence-corrected chi connectivity index (χ2v) is 4.51. The van der Waals surface area contributed by atoms with Crippen LogP contribution in [0.4, 0.5) is 0 Å². The largest absolute Gasteiger partial charge is 0.496 e. The van der Waals surface area contributed by atoms with Gasteiger partial charge in [0, 0.05) is 5.56 Å². The van der Waals surface area contributed by atoms with Gasteiger partial charge in [0.2, 0.25) is 0 Å². The third-order valence-corrected chi connectivity index (χ3v) is 3.10. The first-order chi connectivity index (χ1) is 9.15. The maximum Gasteiger partial charge on any atom is 0.196 e. The Morgan fingerprint density at radius 2 is 1.95 bits per heavy atom. The van der Waals surface area contributed by atoms with E-state index in [9.17, 15) is 10.2 Å². The first-order valence-electron chi connectivity index (χ1n) is 5.58. The van der Waals surface area contributed by atoms with Gasteiger partial charge in [-0.1, -0.05) is 23.9 Å². The normalized spacial score (nSPS) is 10.8. The minimum atomic E-state index is -1.62. The Kier molecular flexibility index (Phi) is 4.36. The summed E-state index contributed by atoms with van der Waals surface area (Å²) < 4.78 is 5.28. The van der Waals surface area contributed by atoms with Crippen molar-refractivity contribution in [3.8, 4) is 17.0 Å². The minimum Gasteiger partial charge on any atom is -0.496 e. The molecule has 0 bridgehead atoms. The summed E-state index contributed by atoms with van der Waals surface area (Å²) in [5, 5.41) is 19.0. The number of aromatic nitrogens is 2. The van der Waals surface area contributed by atoms with Crippen molar-refractivity contribution < 1.29 is 14.9 Å². The molecule has 0 radical (unpaired) electrons. The van der Waals surface area contributed by atoms with Crippen LogP contribution in [0.1, 0.15) is 12.0 Å². The number of thioether (sulfide) groups is 1. The molecule has 0 saturated heterocycles. The molecule has 1 aromatic heterocycles. The number of ether oxygens (including phenoxy) is 1. The molecule has 1 heterocycles. The van der Waals surface area contributed by atoms with Crippen LogP contribution in [0.5, 0.6) is 5.75 Å². The molecule has 0 aliphatic heterocycles. The highest BCUT2D eigenvalue weighted by molar-refractivity contribution is 7.98. The Labute approximate surface area is 115 Å². The van der Waals surface area contributed by atoms with E-state index in [0.29, 0.717) is 16.6 Å². The summed E-state index contributed by atoms with van der Waals surface area (Å²) in [6.07, 6.45) is 0.205. The zero-order chi connectivity index (χ0) is 13.8. The molecule has 100 valence electrons. The van der Waals surface area contributed by atoms with Gasteiger partial charge in [0.1, 0.15) is 11.4 Å². The summed E-state index contributed by atoms with van der Waals surface area (Å²) in [5.41, 5.74) is 1.55. The molecule has 1 aromatic carbocycles. The van der Waals surface area contributed by atoms with Gasteiger partial charge in [-0.25, -0.2) is 9.97 Å². The number of hydrogen-bond donors (Lipinski definition) is 2. The summed E-state index contributed by atoms with van der Waals surface area (Å²) in [7, 11) is 1.58. The van der Waals surface area contributed by atoms with E-state index in [2.05, 4.69) is 9.97 Å². The molecule has 2 aromatic rings. The highest BCUT2D eigenvalue weighted by Crippen LogP contribution is 2.30. The van der Waals surface area contributed by atoms with Crippen molar-refractivity contribution in [3.05, 3.63) is 36.0 Å². The summed E-state index contributed by atoms with van der Waals surface area (Å²) in [6.45, 7) is 0. The van der Waals surface area contributed by atoms with Gasteiger partial charge in [-0.2, -0.15) is 0 Å². The summed E-state index contributed by atoms with van der Waals surface area (Å²) >= 11 is 1.34.